The van der Waals surface area contributed by atoms with Crippen molar-refractivity contribution < 1.29 is 13.2 Å². The highest BCUT2D eigenvalue weighted by Gasteiger charge is 2.13. The van der Waals surface area contributed by atoms with Gasteiger partial charge in [-0.2, -0.15) is 0 Å². The van der Waals surface area contributed by atoms with Crippen LogP contribution >= 0.6 is 11.8 Å². The molecule has 1 N–H and O–H groups in total. The van der Waals surface area contributed by atoms with Gasteiger partial charge in [-0.25, -0.2) is 13.4 Å². The molecule has 25 heavy (non-hydrogen) atoms. The van der Waals surface area contributed by atoms with Gasteiger partial charge in [0.15, 0.2) is 9.84 Å². The Labute approximate surface area is 153 Å². The lowest BCUT2D eigenvalue weighted by molar-refractivity contribution is 0.0947. The predicted octanol–water partition coefficient (Wildman–Crippen LogP) is 3.06. The monoisotopic (exact) mass is 378 g/mol. The van der Waals surface area contributed by atoms with E-state index in [9.17, 15) is 13.2 Å². The number of hydrogen-bond acceptors (Lipinski definition) is 5. The van der Waals surface area contributed by atoms with Crippen LogP contribution in [0.4, 0.5) is 0 Å². The minimum atomic E-state index is -3.05. The number of nitrogens with one attached hydrogen (secondary N) is 1. The van der Waals surface area contributed by atoms with Crippen LogP contribution in [0, 0.1) is 0 Å². The van der Waals surface area contributed by atoms with Crippen molar-refractivity contribution >= 4 is 27.5 Å². The molecule has 2 rings (SSSR count). The first-order chi connectivity index (χ1) is 11.7. The van der Waals surface area contributed by atoms with E-state index in [0.29, 0.717) is 17.4 Å². The number of amides is 1. The minimum Gasteiger partial charge on any atom is -0.348 e. The summed E-state index contributed by atoms with van der Waals surface area (Å²) in [7, 11) is -3.05. The van der Waals surface area contributed by atoms with Crippen molar-refractivity contribution in [1.29, 1.82) is 0 Å². The molecule has 0 spiro atoms. The molecule has 0 unspecified atom stereocenters. The van der Waals surface area contributed by atoms with Crippen LogP contribution in [0.1, 0.15) is 35.3 Å². The van der Waals surface area contributed by atoms with Gasteiger partial charge >= 0.3 is 0 Å². The predicted molar refractivity (Wildman–Crippen MR) is 101 cm³/mol. The van der Waals surface area contributed by atoms with Crippen LogP contribution in [-0.4, -0.2) is 30.8 Å². The highest BCUT2D eigenvalue weighted by molar-refractivity contribution is 7.99. The molecule has 134 valence electrons. The second-order valence-electron chi connectivity index (χ2n) is 6.09. The lowest BCUT2D eigenvalue weighted by Gasteiger charge is -2.11. The number of hydrogen-bond donors (Lipinski definition) is 1. The molecule has 0 saturated carbocycles. The zero-order chi connectivity index (χ0) is 18.4. The van der Waals surface area contributed by atoms with Gasteiger partial charge in [0.1, 0.15) is 5.03 Å². The highest BCUT2D eigenvalue weighted by atomic mass is 32.2. The van der Waals surface area contributed by atoms with Crippen LogP contribution in [-0.2, 0) is 22.1 Å². The van der Waals surface area contributed by atoms with E-state index in [1.807, 2.05) is 12.1 Å². The fourth-order valence-corrected chi connectivity index (χ4v) is 3.87. The number of carbonyl (C=O) groups excluding carboxylic acids is 1. The van der Waals surface area contributed by atoms with Gasteiger partial charge in [0, 0.05) is 24.2 Å². The van der Waals surface area contributed by atoms with E-state index >= 15 is 0 Å². The van der Waals surface area contributed by atoms with E-state index in [4.69, 9.17) is 0 Å². The SMILES string of the molecule is CC(C)Sc1ncccc1C(=O)NCc1ccc(CS(C)(=O)=O)cc1. The summed E-state index contributed by atoms with van der Waals surface area (Å²) in [6, 6.07) is 10.7. The zero-order valence-electron chi connectivity index (χ0n) is 14.5. The van der Waals surface area contributed by atoms with Gasteiger partial charge in [-0.05, 0) is 23.3 Å². The summed E-state index contributed by atoms with van der Waals surface area (Å²) in [5.41, 5.74) is 2.21. The van der Waals surface area contributed by atoms with E-state index < -0.39 is 9.84 Å². The smallest absolute Gasteiger partial charge is 0.254 e. The second-order valence-corrected chi connectivity index (χ2v) is 9.80. The third-order valence-electron chi connectivity index (χ3n) is 3.27. The molecule has 0 radical (unpaired) electrons. The molecular weight excluding hydrogens is 356 g/mol. The van der Waals surface area contributed by atoms with Crippen LogP contribution in [0.2, 0.25) is 0 Å². The summed E-state index contributed by atoms with van der Waals surface area (Å²) >= 11 is 1.55. The Bertz CT molecular complexity index is 832. The molecule has 1 amide bonds. The third-order valence-corrected chi connectivity index (χ3v) is 5.15. The zero-order valence-corrected chi connectivity index (χ0v) is 16.2. The molecule has 0 bridgehead atoms. The van der Waals surface area contributed by atoms with Gasteiger partial charge in [-0.1, -0.05) is 38.1 Å². The number of pyridine rings is 1. The van der Waals surface area contributed by atoms with E-state index in [1.54, 1.807) is 42.2 Å². The van der Waals surface area contributed by atoms with Gasteiger partial charge in [-0.3, -0.25) is 4.79 Å². The van der Waals surface area contributed by atoms with Crippen molar-refractivity contribution in [3.63, 3.8) is 0 Å². The van der Waals surface area contributed by atoms with Crippen LogP contribution < -0.4 is 5.32 Å². The molecule has 1 heterocycles. The van der Waals surface area contributed by atoms with Gasteiger partial charge in [-0.15, -0.1) is 11.8 Å². The fraction of sp³-hybridized carbons (Fsp3) is 0.333. The Balaban J connectivity index is 2.01. The maximum atomic E-state index is 12.4. The Morgan fingerprint density at radius 3 is 2.40 bits per heavy atom. The number of aromatic nitrogens is 1. The van der Waals surface area contributed by atoms with Gasteiger partial charge < -0.3 is 5.32 Å². The standard InChI is InChI=1S/C18H22N2O3S2/c1-13(2)24-18-16(5-4-10-19-18)17(21)20-11-14-6-8-15(9-7-14)12-25(3,22)23/h4-10,13H,11-12H2,1-3H3,(H,20,21). The van der Waals surface area contributed by atoms with Crippen molar-refractivity contribution in [3.05, 3.63) is 59.3 Å². The molecule has 0 aliphatic heterocycles. The molecule has 5 nitrogen and oxygen atoms in total. The number of benzene rings is 1. The van der Waals surface area contributed by atoms with Crippen LogP contribution in [0.3, 0.4) is 0 Å². The number of thioether (sulfide) groups is 1. The molecule has 0 saturated heterocycles. The highest BCUT2D eigenvalue weighted by Crippen LogP contribution is 2.24. The summed E-state index contributed by atoms with van der Waals surface area (Å²) in [5, 5.41) is 3.94. The Kier molecular flexibility index (Phi) is 6.61. The maximum Gasteiger partial charge on any atom is 0.254 e. The largest absolute Gasteiger partial charge is 0.348 e. The van der Waals surface area contributed by atoms with Crippen LogP contribution in [0.25, 0.3) is 0 Å². The first-order valence-electron chi connectivity index (χ1n) is 7.90. The Morgan fingerprint density at radius 2 is 1.80 bits per heavy atom. The van der Waals surface area contributed by atoms with E-state index in [0.717, 1.165) is 16.2 Å². The lowest BCUT2D eigenvalue weighted by atomic mass is 10.1. The summed E-state index contributed by atoms with van der Waals surface area (Å²) in [5.74, 6) is -0.151. The molecule has 1 aromatic heterocycles. The normalized spacial score (nSPS) is 11.5. The van der Waals surface area contributed by atoms with Crippen LogP contribution in [0.15, 0.2) is 47.6 Å². The number of sulfone groups is 1. The molecular formula is C18H22N2O3S2. The minimum absolute atomic E-state index is 0.0190. The summed E-state index contributed by atoms with van der Waals surface area (Å²) < 4.78 is 22.6. The fourth-order valence-electron chi connectivity index (χ4n) is 2.21. The van der Waals surface area contributed by atoms with E-state index in [-0.39, 0.29) is 11.7 Å². The number of rotatable bonds is 7. The quantitative estimate of drug-likeness (QED) is 0.750. The van der Waals surface area contributed by atoms with Crippen molar-refractivity contribution in [1.82, 2.24) is 10.3 Å². The van der Waals surface area contributed by atoms with Crippen molar-refractivity contribution in [2.45, 2.75) is 36.4 Å². The van der Waals surface area contributed by atoms with Crippen molar-refractivity contribution in [3.8, 4) is 0 Å². The van der Waals surface area contributed by atoms with Crippen LogP contribution in [0.5, 0.6) is 0 Å². The molecule has 2 aromatic rings. The molecule has 7 heteroatoms. The molecule has 0 atom stereocenters. The third kappa shape index (κ3) is 6.51. The molecule has 1 aromatic carbocycles. The number of nitrogens with zero attached hydrogens (tertiary/aromatic N) is 1. The van der Waals surface area contributed by atoms with Gasteiger partial charge in [0.05, 0.1) is 11.3 Å². The number of carbonyl (C=O) groups is 1. The summed E-state index contributed by atoms with van der Waals surface area (Å²) in [4.78, 5) is 16.7. The maximum absolute atomic E-state index is 12.4. The average Bonchev–Trinajstić information content (AvgIpc) is 2.52. The first-order valence-corrected chi connectivity index (χ1v) is 10.8. The molecule has 0 aliphatic carbocycles. The lowest BCUT2D eigenvalue weighted by Crippen LogP contribution is -2.23. The topological polar surface area (TPSA) is 76.1 Å². The summed E-state index contributed by atoms with van der Waals surface area (Å²) in [6.07, 6.45) is 2.89. The van der Waals surface area contributed by atoms with Gasteiger partial charge in [0.25, 0.3) is 5.91 Å². The summed E-state index contributed by atoms with van der Waals surface area (Å²) in [6.45, 7) is 4.48. The van der Waals surface area contributed by atoms with E-state index in [2.05, 4.69) is 24.1 Å². The second kappa shape index (κ2) is 8.49. The van der Waals surface area contributed by atoms with E-state index in [1.165, 1.54) is 6.26 Å². The Hall–Kier alpha value is -1.86. The first kappa shape index (κ1) is 19.5. The average molecular weight is 379 g/mol. The molecule has 0 fully saturated rings. The molecule has 0 aliphatic rings. The van der Waals surface area contributed by atoms with Crippen molar-refractivity contribution in [2.75, 3.05) is 6.26 Å². The van der Waals surface area contributed by atoms with Crippen molar-refractivity contribution in [2.24, 2.45) is 0 Å². The van der Waals surface area contributed by atoms with Gasteiger partial charge in [0.2, 0.25) is 0 Å². The Morgan fingerprint density at radius 1 is 1.16 bits per heavy atom.